The molecule has 5 rings (SSSR count). The van der Waals surface area contributed by atoms with Gasteiger partial charge in [-0.25, -0.2) is 5.06 Å². The van der Waals surface area contributed by atoms with Gasteiger partial charge in [0.2, 0.25) is 0 Å². The zero-order valence-corrected chi connectivity index (χ0v) is 17.7. The summed E-state index contributed by atoms with van der Waals surface area (Å²) in [6.45, 7) is 4.66. The molecule has 1 amide bonds. The monoisotopic (exact) mass is 403 g/mol. The number of allylic oxidation sites excluding steroid dienone is 1. The molecule has 0 N–H and O–H groups in total. The van der Waals surface area contributed by atoms with E-state index in [1.54, 1.807) is 5.06 Å². The van der Waals surface area contributed by atoms with Crippen LogP contribution in [0.15, 0.2) is 66.2 Å². The number of ether oxygens (including phenoxy) is 1. The van der Waals surface area contributed by atoms with Crippen molar-refractivity contribution in [2.75, 3.05) is 6.61 Å². The predicted molar refractivity (Wildman–Crippen MR) is 116 cm³/mol. The van der Waals surface area contributed by atoms with Crippen molar-refractivity contribution in [3.8, 4) is 5.75 Å². The third-order valence-corrected chi connectivity index (χ3v) is 6.96. The van der Waals surface area contributed by atoms with E-state index < -0.39 is 5.60 Å². The summed E-state index contributed by atoms with van der Waals surface area (Å²) in [6.07, 6.45) is 5.96. The zero-order valence-electron chi connectivity index (χ0n) is 17.7. The molecule has 156 valence electrons. The molecule has 2 atom stereocenters. The molecule has 2 fully saturated rings. The van der Waals surface area contributed by atoms with Crippen LogP contribution in [0, 0.1) is 5.92 Å². The molecule has 2 heterocycles. The van der Waals surface area contributed by atoms with Crippen molar-refractivity contribution in [3.63, 3.8) is 0 Å². The Labute approximate surface area is 178 Å². The number of amides is 1. The lowest BCUT2D eigenvalue weighted by Gasteiger charge is -2.32. The minimum atomic E-state index is -0.447. The summed E-state index contributed by atoms with van der Waals surface area (Å²) in [5.74, 6) is 1.52. The highest BCUT2D eigenvalue weighted by molar-refractivity contribution is 5.88. The van der Waals surface area contributed by atoms with Gasteiger partial charge in [-0.15, -0.1) is 0 Å². The smallest absolute Gasteiger partial charge is 0.270 e. The number of hydrogen-bond donors (Lipinski definition) is 0. The average Bonchev–Trinajstić information content (AvgIpc) is 3.06. The largest absolute Gasteiger partial charge is 0.493 e. The quantitative estimate of drug-likeness (QED) is 0.615. The summed E-state index contributed by atoms with van der Waals surface area (Å²) in [6, 6.07) is 18.6. The van der Waals surface area contributed by atoms with Crippen molar-refractivity contribution >= 4 is 5.91 Å². The van der Waals surface area contributed by atoms with Crippen LogP contribution < -0.4 is 4.74 Å². The van der Waals surface area contributed by atoms with E-state index in [0.29, 0.717) is 12.5 Å². The molecule has 0 radical (unpaired) electrons. The number of carbonyl (C=O) groups is 1. The fourth-order valence-electron chi connectivity index (χ4n) is 5.20. The maximum Gasteiger partial charge on any atom is 0.270 e. The van der Waals surface area contributed by atoms with Crippen molar-refractivity contribution in [3.05, 3.63) is 77.4 Å². The van der Waals surface area contributed by atoms with Crippen molar-refractivity contribution in [2.45, 2.75) is 57.1 Å². The Morgan fingerprint density at radius 3 is 2.50 bits per heavy atom. The highest BCUT2D eigenvalue weighted by Gasteiger charge is 2.53. The summed E-state index contributed by atoms with van der Waals surface area (Å²) in [5.41, 5.74) is 3.24. The van der Waals surface area contributed by atoms with Gasteiger partial charge in [-0.1, -0.05) is 54.1 Å². The number of hydroxylamine groups is 2. The summed E-state index contributed by atoms with van der Waals surface area (Å²) >= 11 is 0. The molecule has 0 unspecified atom stereocenters. The number of carbonyl (C=O) groups excluding carboxylic acids is 1. The molecule has 4 heteroatoms. The highest BCUT2D eigenvalue weighted by atomic mass is 16.7. The Morgan fingerprint density at radius 1 is 1.03 bits per heavy atom. The maximum absolute atomic E-state index is 13.3. The lowest BCUT2D eigenvalue weighted by Crippen LogP contribution is -2.37. The Hall–Kier alpha value is -2.59. The van der Waals surface area contributed by atoms with E-state index in [4.69, 9.17) is 9.57 Å². The van der Waals surface area contributed by atoms with Gasteiger partial charge >= 0.3 is 0 Å². The minimum Gasteiger partial charge on any atom is -0.493 e. The van der Waals surface area contributed by atoms with Gasteiger partial charge in [0, 0.05) is 11.6 Å². The van der Waals surface area contributed by atoms with Crippen LogP contribution in [0.2, 0.25) is 0 Å². The number of para-hydroxylation sites is 1. The molecule has 4 nitrogen and oxygen atoms in total. The van der Waals surface area contributed by atoms with Crippen LogP contribution in [0.4, 0.5) is 0 Å². The normalized spacial score (nSPS) is 27.1. The number of fused-ring (bicyclic) bond motifs is 3. The Kier molecular flexibility index (Phi) is 4.90. The molecule has 1 saturated carbocycles. The van der Waals surface area contributed by atoms with Crippen LogP contribution in [0.1, 0.15) is 62.6 Å². The van der Waals surface area contributed by atoms with Crippen LogP contribution in [0.5, 0.6) is 5.75 Å². The third kappa shape index (κ3) is 3.43. The van der Waals surface area contributed by atoms with E-state index in [1.165, 1.54) is 11.1 Å². The SMILES string of the molecule is CC1(C)ON(C(=O)C=C2CCC(c3ccccc3)CC2)[C@@H]2c3ccccc3OC[C@@H]21. The molecular weight excluding hydrogens is 374 g/mol. The molecular formula is C26H29NO3. The zero-order chi connectivity index (χ0) is 20.7. The topological polar surface area (TPSA) is 38.8 Å². The first-order valence-corrected chi connectivity index (χ1v) is 11.0. The van der Waals surface area contributed by atoms with E-state index in [9.17, 15) is 4.79 Å². The van der Waals surface area contributed by atoms with Crippen molar-refractivity contribution in [1.29, 1.82) is 0 Å². The summed E-state index contributed by atoms with van der Waals surface area (Å²) in [5, 5.41) is 1.61. The third-order valence-electron chi connectivity index (χ3n) is 6.96. The van der Waals surface area contributed by atoms with Gasteiger partial charge in [-0.2, -0.15) is 0 Å². The van der Waals surface area contributed by atoms with Crippen LogP contribution in [0.3, 0.4) is 0 Å². The number of hydrogen-bond acceptors (Lipinski definition) is 3. The Balaban J connectivity index is 1.34. The second-order valence-electron chi connectivity index (χ2n) is 9.25. The first-order chi connectivity index (χ1) is 14.5. The Morgan fingerprint density at radius 2 is 1.73 bits per heavy atom. The summed E-state index contributed by atoms with van der Waals surface area (Å²) in [4.78, 5) is 19.5. The molecule has 2 aromatic carbocycles. The fourth-order valence-corrected chi connectivity index (χ4v) is 5.20. The van der Waals surface area contributed by atoms with Crippen LogP contribution in [0.25, 0.3) is 0 Å². The van der Waals surface area contributed by atoms with E-state index in [1.807, 2.05) is 38.1 Å². The second-order valence-corrected chi connectivity index (χ2v) is 9.25. The molecule has 0 aromatic heterocycles. The highest BCUT2D eigenvalue weighted by Crippen LogP contribution is 2.50. The molecule has 0 spiro atoms. The van der Waals surface area contributed by atoms with Crippen LogP contribution >= 0.6 is 0 Å². The predicted octanol–water partition coefficient (Wildman–Crippen LogP) is 5.57. The molecule has 3 aliphatic rings. The first kappa shape index (κ1) is 19.4. The van der Waals surface area contributed by atoms with E-state index in [0.717, 1.165) is 37.0 Å². The second kappa shape index (κ2) is 7.59. The summed E-state index contributed by atoms with van der Waals surface area (Å²) < 4.78 is 5.97. The standard InChI is InChI=1S/C26H29NO3/c1-26(2)22-17-29-23-11-7-6-10-21(23)25(22)27(30-26)24(28)16-18-12-14-20(15-13-18)19-8-4-3-5-9-19/h3-11,16,20,22,25H,12-15,17H2,1-2H3/t20?,22-,25+/m0/s1. The number of rotatable bonds is 2. The van der Waals surface area contributed by atoms with Gasteiger partial charge in [0.15, 0.2) is 0 Å². The first-order valence-electron chi connectivity index (χ1n) is 11.0. The van der Waals surface area contributed by atoms with Gasteiger partial charge in [-0.3, -0.25) is 9.63 Å². The van der Waals surface area contributed by atoms with E-state index in [2.05, 4.69) is 36.4 Å². The van der Waals surface area contributed by atoms with Crippen LogP contribution in [-0.2, 0) is 9.63 Å². The molecule has 2 aliphatic heterocycles. The van der Waals surface area contributed by atoms with E-state index >= 15 is 0 Å². The van der Waals surface area contributed by atoms with Gasteiger partial charge in [0.05, 0.1) is 24.2 Å². The Bertz CT molecular complexity index is 955. The van der Waals surface area contributed by atoms with Gasteiger partial charge in [-0.05, 0) is 57.1 Å². The van der Waals surface area contributed by atoms with Gasteiger partial charge in [0.1, 0.15) is 5.75 Å². The van der Waals surface area contributed by atoms with Crippen LogP contribution in [-0.4, -0.2) is 23.2 Å². The molecule has 0 bridgehead atoms. The molecule has 2 aromatic rings. The lowest BCUT2D eigenvalue weighted by molar-refractivity contribution is -0.200. The molecule has 30 heavy (non-hydrogen) atoms. The van der Waals surface area contributed by atoms with Gasteiger partial charge in [0.25, 0.3) is 5.91 Å². The van der Waals surface area contributed by atoms with Gasteiger partial charge < -0.3 is 4.74 Å². The lowest BCUT2D eigenvalue weighted by atomic mass is 9.81. The van der Waals surface area contributed by atoms with Crippen molar-refractivity contribution in [2.24, 2.45) is 5.92 Å². The van der Waals surface area contributed by atoms with Crippen molar-refractivity contribution in [1.82, 2.24) is 5.06 Å². The number of nitrogens with zero attached hydrogens (tertiary/aromatic N) is 1. The minimum absolute atomic E-state index is 0.0413. The fraction of sp³-hybridized carbons (Fsp3) is 0.423. The molecule has 1 aliphatic carbocycles. The van der Waals surface area contributed by atoms with Crippen molar-refractivity contribution < 1.29 is 14.4 Å². The average molecular weight is 404 g/mol. The molecule has 1 saturated heterocycles. The number of benzene rings is 2. The maximum atomic E-state index is 13.3. The van der Waals surface area contributed by atoms with E-state index in [-0.39, 0.29) is 17.9 Å². The summed E-state index contributed by atoms with van der Waals surface area (Å²) in [7, 11) is 0.